The van der Waals surface area contributed by atoms with Crippen molar-refractivity contribution in [3.8, 4) is 16.9 Å². The lowest BCUT2D eigenvalue weighted by Crippen LogP contribution is -2.21. The van der Waals surface area contributed by atoms with Crippen molar-refractivity contribution in [2.45, 2.75) is 62.0 Å². The van der Waals surface area contributed by atoms with Gasteiger partial charge in [0.25, 0.3) is 0 Å². The molecular weight excluding hydrogens is 485 g/mol. The van der Waals surface area contributed by atoms with Crippen LogP contribution in [0.3, 0.4) is 0 Å². The number of fused-ring (bicyclic) bond motifs is 4. The molecule has 2 heterocycles. The van der Waals surface area contributed by atoms with Gasteiger partial charge in [0.05, 0.1) is 5.56 Å². The maximum Gasteiger partial charge on any atom is 0.416 e. The van der Waals surface area contributed by atoms with E-state index in [0.29, 0.717) is 22.8 Å². The fraction of sp³-hybridized carbons (Fsp3) is 0.345. The number of rotatable bonds is 3. The highest BCUT2D eigenvalue weighted by molar-refractivity contribution is 7.99. The SMILES string of the molecule is Cc1cc2ccc1OC(C(=O)O)c1ccc(-c3ccc(C(F)(F)F)cc3)c(c1C)C(C1CCCC1)S2. The molecule has 0 aromatic heterocycles. The Morgan fingerprint density at radius 1 is 1.00 bits per heavy atom. The number of benzene rings is 3. The highest BCUT2D eigenvalue weighted by atomic mass is 32.2. The minimum atomic E-state index is -4.41. The van der Waals surface area contributed by atoms with Gasteiger partial charge in [0, 0.05) is 15.7 Å². The fourth-order valence-corrected chi connectivity index (χ4v) is 7.06. The summed E-state index contributed by atoms with van der Waals surface area (Å²) >= 11 is 1.76. The van der Waals surface area contributed by atoms with Crippen LogP contribution >= 0.6 is 11.8 Å². The van der Waals surface area contributed by atoms with Crippen LogP contribution in [0.4, 0.5) is 13.2 Å². The zero-order valence-corrected chi connectivity index (χ0v) is 20.9. The third-order valence-corrected chi connectivity index (χ3v) is 8.75. The van der Waals surface area contributed by atoms with E-state index >= 15 is 0 Å². The third-order valence-electron chi connectivity index (χ3n) is 7.35. The van der Waals surface area contributed by atoms with Gasteiger partial charge in [-0.15, -0.1) is 11.8 Å². The zero-order chi connectivity index (χ0) is 25.6. The summed E-state index contributed by atoms with van der Waals surface area (Å²) in [5, 5.41) is 10.1. The molecule has 36 heavy (non-hydrogen) atoms. The molecule has 188 valence electrons. The second-order valence-corrected chi connectivity index (χ2v) is 10.9. The quantitative estimate of drug-likeness (QED) is 0.382. The molecule has 0 radical (unpaired) electrons. The van der Waals surface area contributed by atoms with Crippen LogP contribution in [0.2, 0.25) is 0 Å². The van der Waals surface area contributed by atoms with E-state index in [2.05, 4.69) is 0 Å². The smallest absolute Gasteiger partial charge is 0.416 e. The number of carboxylic acids is 1. The van der Waals surface area contributed by atoms with Crippen molar-refractivity contribution in [1.29, 1.82) is 0 Å². The molecule has 0 spiro atoms. The van der Waals surface area contributed by atoms with Crippen LogP contribution in [-0.2, 0) is 11.0 Å². The Bertz CT molecular complexity index is 1290. The Labute approximate surface area is 212 Å². The first-order chi connectivity index (χ1) is 17.1. The highest BCUT2D eigenvalue weighted by Crippen LogP contribution is 2.52. The number of alkyl halides is 3. The molecule has 3 aromatic carbocycles. The van der Waals surface area contributed by atoms with Gasteiger partial charge in [-0.25, -0.2) is 4.79 Å². The van der Waals surface area contributed by atoms with E-state index in [1.54, 1.807) is 17.8 Å². The highest BCUT2D eigenvalue weighted by Gasteiger charge is 2.35. The summed E-state index contributed by atoms with van der Waals surface area (Å²) in [5.74, 6) is -0.181. The van der Waals surface area contributed by atoms with Crippen LogP contribution in [0.15, 0.2) is 59.5 Å². The van der Waals surface area contributed by atoms with Crippen molar-refractivity contribution < 1.29 is 27.8 Å². The van der Waals surface area contributed by atoms with E-state index in [-0.39, 0.29) is 5.25 Å². The molecule has 1 saturated carbocycles. The Balaban J connectivity index is 1.74. The van der Waals surface area contributed by atoms with Gasteiger partial charge >= 0.3 is 12.1 Å². The normalized spacial score (nSPS) is 20.1. The molecule has 6 rings (SSSR count). The summed E-state index contributed by atoms with van der Waals surface area (Å²) in [6, 6.07) is 14.7. The first-order valence-electron chi connectivity index (χ1n) is 12.1. The summed E-state index contributed by atoms with van der Waals surface area (Å²) in [6.07, 6.45) is -1.21. The Morgan fingerprint density at radius 3 is 2.31 bits per heavy atom. The molecule has 7 heteroatoms. The fourth-order valence-electron chi connectivity index (χ4n) is 5.49. The van der Waals surface area contributed by atoms with Crippen LogP contribution in [0, 0.1) is 19.8 Å². The molecule has 4 bridgehead atoms. The van der Waals surface area contributed by atoms with Crippen LogP contribution in [0.25, 0.3) is 11.1 Å². The predicted octanol–water partition coefficient (Wildman–Crippen LogP) is 8.53. The van der Waals surface area contributed by atoms with Gasteiger partial charge in [-0.05, 0) is 90.8 Å². The van der Waals surface area contributed by atoms with Crippen molar-refractivity contribution in [3.05, 3.63) is 82.4 Å². The van der Waals surface area contributed by atoms with Crippen molar-refractivity contribution in [2.24, 2.45) is 5.92 Å². The van der Waals surface area contributed by atoms with E-state index in [1.807, 2.05) is 38.1 Å². The number of carbonyl (C=O) groups is 1. The molecule has 2 atom stereocenters. The summed E-state index contributed by atoms with van der Waals surface area (Å²) in [7, 11) is 0. The van der Waals surface area contributed by atoms with E-state index < -0.39 is 23.8 Å². The zero-order valence-electron chi connectivity index (χ0n) is 20.1. The maximum absolute atomic E-state index is 13.2. The lowest BCUT2D eigenvalue weighted by atomic mass is 9.84. The Morgan fingerprint density at radius 2 is 1.69 bits per heavy atom. The summed E-state index contributed by atoms with van der Waals surface area (Å²) in [4.78, 5) is 13.4. The molecule has 2 aliphatic heterocycles. The average molecular weight is 513 g/mol. The molecule has 3 aliphatic rings. The second-order valence-electron chi connectivity index (χ2n) is 9.66. The van der Waals surface area contributed by atoms with Crippen molar-refractivity contribution >= 4 is 17.7 Å². The van der Waals surface area contributed by atoms with E-state index in [9.17, 15) is 23.1 Å². The van der Waals surface area contributed by atoms with Gasteiger partial charge in [0.15, 0.2) is 0 Å². The molecule has 1 N–H and O–H groups in total. The average Bonchev–Trinajstić information content (AvgIpc) is 3.36. The monoisotopic (exact) mass is 512 g/mol. The van der Waals surface area contributed by atoms with Crippen molar-refractivity contribution in [1.82, 2.24) is 0 Å². The van der Waals surface area contributed by atoms with Crippen molar-refractivity contribution in [2.75, 3.05) is 0 Å². The largest absolute Gasteiger partial charge is 0.478 e. The Hall–Kier alpha value is -2.93. The number of ether oxygens (including phenoxy) is 1. The molecular formula is C29H27F3O3S. The predicted molar refractivity (Wildman–Crippen MR) is 134 cm³/mol. The molecule has 3 aromatic rings. The van der Waals surface area contributed by atoms with Gasteiger partial charge in [0.2, 0.25) is 6.10 Å². The summed E-state index contributed by atoms with van der Waals surface area (Å²) in [5.41, 5.74) is 4.08. The van der Waals surface area contributed by atoms with Crippen LogP contribution in [-0.4, -0.2) is 11.1 Å². The Kier molecular flexibility index (Phi) is 6.54. The van der Waals surface area contributed by atoms with Gasteiger partial charge in [-0.2, -0.15) is 13.2 Å². The standard InChI is InChI=1S/C29H27F3O3S/c1-16-15-21-11-14-24(16)35-26(28(33)34)22-12-13-23(18-7-9-20(10-8-18)29(30,31)32)25(17(22)2)27(36-21)19-5-3-4-6-19/h7-15,19,26-27H,3-6H2,1-2H3,(H,33,34). The molecule has 3 nitrogen and oxygen atoms in total. The first kappa shape index (κ1) is 24.8. The number of aliphatic carboxylic acids is 1. The number of aryl methyl sites for hydroxylation is 1. The van der Waals surface area contributed by atoms with Crippen LogP contribution in [0.5, 0.6) is 5.75 Å². The molecule has 1 aliphatic carbocycles. The topological polar surface area (TPSA) is 46.5 Å². The van der Waals surface area contributed by atoms with Gasteiger partial charge in [-0.3, -0.25) is 0 Å². The van der Waals surface area contributed by atoms with Gasteiger partial charge in [-0.1, -0.05) is 37.1 Å². The number of thioether (sulfide) groups is 1. The molecule has 0 saturated heterocycles. The van der Waals surface area contributed by atoms with E-state index in [4.69, 9.17) is 4.74 Å². The number of hydrogen-bond acceptors (Lipinski definition) is 3. The maximum atomic E-state index is 13.2. The van der Waals surface area contributed by atoms with Crippen LogP contribution < -0.4 is 4.74 Å². The molecule has 2 unspecified atom stereocenters. The minimum absolute atomic E-state index is 0.0301. The first-order valence-corrected chi connectivity index (χ1v) is 13.0. The lowest BCUT2D eigenvalue weighted by molar-refractivity contribution is -0.145. The molecule has 0 amide bonds. The molecule has 1 fully saturated rings. The van der Waals surface area contributed by atoms with Crippen LogP contribution in [0.1, 0.15) is 64.9 Å². The van der Waals surface area contributed by atoms with E-state index in [1.165, 1.54) is 12.1 Å². The van der Waals surface area contributed by atoms with Crippen molar-refractivity contribution in [3.63, 3.8) is 0 Å². The summed E-state index contributed by atoms with van der Waals surface area (Å²) < 4.78 is 45.7. The lowest BCUT2D eigenvalue weighted by Gasteiger charge is -2.29. The second kappa shape index (κ2) is 9.51. The van der Waals surface area contributed by atoms with Gasteiger partial charge in [0.1, 0.15) is 5.75 Å². The minimum Gasteiger partial charge on any atom is -0.478 e. The third kappa shape index (κ3) is 4.61. The number of halogens is 3. The van der Waals surface area contributed by atoms with Gasteiger partial charge < -0.3 is 9.84 Å². The van der Waals surface area contributed by atoms with E-state index in [0.717, 1.165) is 65.0 Å². The number of carboxylic acid groups (broad SMARTS) is 1. The summed E-state index contributed by atoms with van der Waals surface area (Å²) in [6.45, 7) is 3.83. The number of hydrogen-bond donors (Lipinski definition) is 1.